The third-order valence-electron chi connectivity index (χ3n) is 2.01. The molecule has 17 heavy (non-hydrogen) atoms. The largest absolute Gasteiger partial charge is 0.402 e. The van der Waals surface area contributed by atoms with Crippen molar-refractivity contribution in [2.75, 3.05) is 19.3 Å². The quantitative estimate of drug-likeness (QED) is 0.766. The molecular weight excluding hydrogens is 259 g/mol. The second kappa shape index (κ2) is 5.05. The molecule has 0 aromatic carbocycles. The molecule has 0 saturated heterocycles. The fraction of sp³-hybridized carbons (Fsp3) is 0.625. The molecule has 1 N–H and O–H groups in total. The van der Waals surface area contributed by atoms with Crippen LogP contribution in [0.4, 0.5) is 13.2 Å². The van der Waals surface area contributed by atoms with Crippen molar-refractivity contribution in [1.82, 2.24) is 14.6 Å². The minimum atomic E-state index is -4.55. The lowest BCUT2D eigenvalue weighted by molar-refractivity contribution is -0.121. The number of nitrogens with one attached hydrogen (secondary N) is 1. The molecule has 0 unspecified atom stereocenters. The van der Waals surface area contributed by atoms with E-state index in [1.807, 2.05) is 0 Å². The summed E-state index contributed by atoms with van der Waals surface area (Å²) in [6.07, 6.45) is -1.36. The van der Waals surface area contributed by atoms with Crippen LogP contribution < -0.4 is 9.71 Å². The zero-order valence-electron chi connectivity index (χ0n) is 9.03. The predicted octanol–water partition coefficient (Wildman–Crippen LogP) is 0.00910. The topological polar surface area (TPSA) is 63.5 Å². The molecule has 0 aromatic rings. The van der Waals surface area contributed by atoms with Crippen LogP contribution in [0.15, 0.2) is 12.4 Å². The SMILES string of the molecule is CN1C=C[N+]=C1CCS(=O)(=O)NCC(F)(F)F. The first-order valence-electron chi connectivity index (χ1n) is 4.70. The van der Waals surface area contributed by atoms with E-state index in [0.29, 0.717) is 5.84 Å². The van der Waals surface area contributed by atoms with E-state index in [-0.39, 0.29) is 6.42 Å². The molecule has 0 aromatic heterocycles. The Morgan fingerprint density at radius 3 is 2.59 bits per heavy atom. The van der Waals surface area contributed by atoms with Crippen LogP contribution in [-0.2, 0) is 10.0 Å². The van der Waals surface area contributed by atoms with Crippen LogP contribution in [-0.4, -0.2) is 44.7 Å². The van der Waals surface area contributed by atoms with Crippen LogP contribution in [0.3, 0.4) is 0 Å². The molecule has 0 amide bonds. The van der Waals surface area contributed by atoms with Crippen molar-refractivity contribution in [2.24, 2.45) is 0 Å². The first-order chi connectivity index (χ1) is 7.70. The molecule has 0 atom stereocenters. The summed E-state index contributed by atoms with van der Waals surface area (Å²) in [6, 6.07) is 0. The van der Waals surface area contributed by atoms with Crippen LogP contribution in [0.25, 0.3) is 0 Å². The van der Waals surface area contributed by atoms with Crippen LogP contribution in [0, 0.1) is 0 Å². The van der Waals surface area contributed by atoms with Gasteiger partial charge in [0, 0.05) is 0 Å². The van der Waals surface area contributed by atoms with Crippen LogP contribution >= 0.6 is 0 Å². The van der Waals surface area contributed by atoms with Crippen molar-refractivity contribution in [2.45, 2.75) is 12.6 Å². The van der Waals surface area contributed by atoms with Gasteiger partial charge in [-0.25, -0.2) is 18.0 Å². The first-order valence-corrected chi connectivity index (χ1v) is 6.35. The van der Waals surface area contributed by atoms with Crippen molar-refractivity contribution >= 4 is 15.9 Å². The molecule has 9 heteroatoms. The summed E-state index contributed by atoms with van der Waals surface area (Å²) in [5.41, 5.74) is 0. The second-order valence-electron chi connectivity index (χ2n) is 3.46. The molecule has 1 heterocycles. The van der Waals surface area contributed by atoms with E-state index in [9.17, 15) is 21.6 Å². The Hall–Kier alpha value is -1.09. The van der Waals surface area contributed by atoms with E-state index in [2.05, 4.69) is 4.99 Å². The van der Waals surface area contributed by atoms with E-state index in [1.54, 1.807) is 18.1 Å². The lowest BCUT2D eigenvalue weighted by Crippen LogP contribution is -2.36. The Labute approximate surface area is 97.1 Å². The third-order valence-corrected chi connectivity index (χ3v) is 3.33. The molecule has 97 valence electrons. The molecule has 5 nitrogen and oxygen atoms in total. The average molecular weight is 271 g/mol. The van der Waals surface area contributed by atoms with E-state index < -0.39 is 28.5 Å². The molecule has 1 rings (SSSR count). The number of sulfonamides is 1. The number of halogens is 3. The summed E-state index contributed by atoms with van der Waals surface area (Å²) in [5.74, 6) is 0.0795. The maximum absolute atomic E-state index is 11.8. The third kappa shape index (κ3) is 5.18. The number of hydrogen-bond acceptors (Lipinski definition) is 4. The highest BCUT2D eigenvalue weighted by molar-refractivity contribution is 7.89. The van der Waals surface area contributed by atoms with Crippen molar-refractivity contribution in [1.29, 1.82) is 0 Å². The first kappa shape index (κ1) is 14.0. The molecular formula is C8H12F3N3O2S+. The predicted molar refractivity (Wildman–Crippen MR) is 56.5 cm³/mol. The Bertz CT molecular complexity index is 428. The minimum Gasteiger partial charge on any atom is -0.234 e. The summed E-state index contributed by atoms with van der Waals surface area (Å²) in [7, 11) is -2.25. The summed E-state index contributed by atoms with van der Waals surface area (Å²) in [4.78, 5) is 5.49. The zero-order chi connectivity index (χ0) is 13.1. The van der Waals surface area contributed by atoms with Crippen molar-refractivity contribution in [3.05, 3.63) is 12.4 Å². The number of nitrogens with zero attached hydrogens (tertiary/aromatic N) is 2. The molecule has 1 radical (unpaired) electrons. The Morgan fingerprint density at radius 2 is 2.12 bits per heavy atom. The highest BCUT2D eigenvalue weighted by Crippen LogP contribution is 2.13. The van der Waals surface area contributed by atoms with E-state index in [4.69, 9.17) is 0 Å². The summed E-state index contributed by atoms with van der Waals surface area (Å²) < 4.78 is 59.4. The van der Waals surface area contributed by atoms with E-state index in [1.165, 1.54) is 10.9 Å². The molecule has 1 aliphatic rings. The van der Waals surface area contributed by atoms with Crippen LogP contribution in [0.1, 0.15) is 6.42 Å². The fourth-order valence-corrected chi connectivity index (χ4v) is 2.11. The van der Waals surface area contributed by atoms with Gasteiger partial charge in [0.25, 0.3) is 5.84 Å². The van der Waals surface area contributed by atoms with Gasteiger partial charge >= 0.3 is 6.18 Å². The molecule has 0 spiro atoms. The van der Waals surface area contributed by atoms with Gasteiger partial charge in [0.1, 0.15) is 12.7 Å². The molecule has 0 saturated carbocycles. The van der Waals surface area contributed by atoms with Crippen molar-refractivity contribution < 1.29 is 21.6 Å². The monoisotopic (exact) mass is 271 g/mol. The van der Waals surface area contributed by atoms with E-state index >= 15 is 0 Å². The highest BCUT2D eigenvalue weighted by atomic mass is 32.2. The standard InChI is InChI=1S/C8H12F3N3O2S/c1-14-4-3-12-7(14)2-5-17(15,16)13-6-8(9,10)11/h3-4,13H,2,5-6H2,1H3/q+1. The van der Waals surface area contributed by atoms with Crippen LogP contribution in [0.5, 0.6) is 0 Å². The van der Waals surface area contributed by atoms with Gasteiger partial charge in [-0.15, -0.1) is 0 Å². The lowest BCUT2D eigenvalue weighted by atomic mass is 10.4. The van der Waals surface area contributed by atoms with Gasteiger partial charge in [0.05, 0.1) is 19.2 Å². The maximum Gasteiger partial charge on any atom is 0.402 e. The molecule has 0 fully saturated rings. The number of alkyl halides is 3. The van der Waals surface area contributed by atoms with Crippen LogP contribution in [0.2, 0.25) is 0 Å². The van der Waals surface area contributed by atoms with Gasteiger partial charge in [0.2, 0.25) is 10.0 Å². The Kier molecular flexibility index (Phi) is 4.15. The number of aliphatic imine (C=N–C) groups is 1. The van der Waals surface area contributed by atoms with Gasteiger partial charge in [0.15, 0.2) is 6.20 Å². The second-order valence-corrected chi connectivity index (χ2v) is 5.39. The Balaban J connectivity index is 2.40. The van der Waals surface area contributed by atoms with Gasteiger partial charge in [-0.2, -0.15) is 13.2 Å². The average Bonchev–Trinajstić information content (AvgIpc) is 2.58. The zero-order valence-corrected chi connectivity index (χ0v) is 9.85. The number of hydrogen-bond donors (Lipinski definition) is 1. The summed E-state index contributed by atoms with van der Waals surface area (Å²) >= 11 is 0. The van der Waals surface area contributed by atoms with Gasteiger partial charge in [-0.3, -0.25) is 0 Å². The smallest absolute Gasteiger partial charge is 0.234 e. The lowest BCUT2D eigenvalue weighted by Gasteiger charge is -2.09. The Morgan fingerprint density at radius 1 is 1.47 bits per heavy atom. The highest BCUT2D eigenvalue weighted by Gasteiger charge is 2.30. The van der Waals surface area contributed by atoms with Crippen molar-refractivity contribution in [3.63, 3.8) is 0 Å². The van der Waals surface area contributed by atoms with E-state index in [0.717, 1.165) is 0 Å². The summed E-state index contributed by atoms with van der Waals surface area (Å²) in [5, 5.41) is 0. The van der Waals surface area contributed by atoms with Gasteiger partial charge in [-0.1, -0.05) is 4.99 Å². The number of rotatable bonds is 5. The van der Waals surface area contributed by atoms with Gasteiger partial charge < -0.3 is 0 Å². The maximum atomic E-state index is 11.8. The minimum absolute atomic E-state index is 0.0662. The van der Waals surface area contributed by atoms with Crippen molar-refractivity contribution in [3.8, 4) is 0 Å². The number of amidine groups is 1. The molecule has 1 aliphatic heterocycles. The van der Waals surface area contributed by atoms with Gasteiger partial charge in [-0.05, 0) is 0 Å². The fourth-order valence-electron chi connectivity index (χ4n) is 1.13. The molecule has 0 bridgehead atoms. The molecule has 0 aliphatic carbocycles. The summed E-state index contributed by atoms with van der Waals surface area (Å²) in [6.45, 7) is -1.55. The normalized spacial score (nSPS) is 16.5.